The fourth-order valence-electron chi connectivity index (χ4n) is 3.73. The molecule has 4 heteroatoms. The highest BCUT2D eigenvalue weighted by Gasteiger charge is 2.42. The summed E-state index contributed by atoms with van der Waals surface area (Å²) in [6, 6.07) is 3.70. The summed E-state index contributed by atoms with van der Waals surface area (Å²) in [5.41, 5.74) is 0. The molecule has 1 amide bonds. The van der Waals surface area contributed by atoms with Crippen LogP contribution in [0.25, 0.3) is 0 Å². The van der Waals surface area contributed by atoms with Gasteiger partial charge in [-0.25, -0.2) is 0 Å². The minimum Gasteiger partial charge on any atom is -0.444 e. The van der Waals surface area contributed by atoms with Crippen LogP contribution in [0.1, 0.15) is 43.2 Å². The monoisotopic (exact) mass is 311 g/mol. The third-order valence-electron chi connectivity index (χ3n) is 4.59. The second-order valence-electron chi connectivity index (χ2n) is 5.70. The standard InChI is InChI=1S/C14H18BrNO2/c1-8(11-7-9-2-3-10(11)6-9)16-14(17)12-4-5-13(15)18-12/h4-5,8-11H,2-3,6-7H2,1H3,(H,16,17)/t8-,9-,10-,11+/m0/s1. The van der Waals surface area contributed by atoms with Gasteiger partial charge in [-0.3, -0.25) is 4.79 Å². The Labute approximate surface area is 115 Å². The summed E-state index contributed by atoms with van der Waals surface area (Å²) >= 11 is 3.21. The Bertz CT molecular complexity index is 456. The first-order chi connectivity index (χ1) is 8.63. The normalized spacial score (nSPS) is 31.6. The van der Waals surface area contributed by atoms with Crippen molar-refractivity contribution in [3.63, 3.8) is 0 Å². The fourth-order valence-corrected chi connectivity index (χ4v) is 4.03. The smallest absolute Gasteiger partial charge is 0.287 e. The SMILES string of the molecule is C[C@H](NC(=O)c1ccc(Br)o1)[C@H]1C[C@H]2CC[C@H]1C2. The summed E-state index contributed by atoms with van der Waals surface area (Å²) in [6.07, 6.45) is 5.40. The molecule has 2 bridgehead atoms. The fraction of sp³-hybridized carbons (Fsp3) is 0.643. The molecule has 0 spiro atoms. The molecule has 0 aliphatic heterocycles. The number of nitrogens with one attached hydrogen (secondary N) is 1. The second-order valence-corrected chi connectivity index (χ2v) is 6.49. The molecule has 1 N–H and O–H groups in total. The zero-order valence-electron chi connectivity index (χ0n) is 10.5. The van der Waals surface area contributed by atoms with Gasteiger partial charge >= 0.3 is 0 Å². The molecule has 0 unspecified atom stereocenters. The maximum atomic E-state index is 12.0. The second kappa shape index (κ2) is 4.72. The molecule has 4 atom stereocenters. The topological polar surface area (TPSA) is 42.2 Å². The Kier molecular flexibility index (Phi) is 3.22. The average Bonchev–Trinajstić information content (AvgIpc) is 3.03. The minimum atomic E-state index is -0.101. The van der Waals surface area contributed by atoms with Gasteiger partial charge in [0.1, 0.15) is 0 Å². The number of hydrogen-bond donors (Lipinski definition) is 1. The first kappa shape index (κ1) is 12.3. The zero-order valence-corrected chi connectivity index (χ0v) is 12.1. The Hall–Kier alpha value is -0.770. The van der Waals surface area contributed by atoms with Crippen LogP contribution in [0.5, 0.6) is 0 Å². The summed E-state index contributed by atoms with van der Waals surface area (Å²) in [7, 11) is 0. The molecule has 2 aliphatic rings. The number of halogens is 1. The van der Waals surface area contributed by atoms with Crippen LogP contribution in [-0.4, -0.2) is 11.9 Å². The van der Waals surface area contributed by atoms with E-state index in [0.29, 0.717) is 16.3 Å². The molecule has 1 heterocycles. The molecule has 2 saturated carbocycles. The summed E-state index contributed by atoms with van der Waals surface area (Å²) in [6.45, 7) is 2.13. The third kappa shape index (κ3) is 2.22. The van der Waals surface area contributed by atoms with Crippen molar-refractivity contribution >= 4 is 21.8 Å². The highest BCUT2D eigenvalue weighted by molar-refractivity contribution is 9.10. The van der Waals surface area contributed by atoms with Gasteiger partial charge in [0.2, 0.25) is 0 Å². The minimum absolute atomic E-state index is 0.101. The number of rotatable bonds is 3. The molecule has 2 aliphatic carbocycles. The van der Waals surface area contributed by atoms with Gasteiger partial charge in [0.15, 0.2) is 10.4 Å². The quantitative estimate of drug-likeness (QED) is 0.926. The van der Waals surface area contributed by atoms with Crippen LogP contribution in [0, 0.1) is 17.8 Å². The van der Waals surface area contributed by atoms with Crippen LogP contribution in [0.2, 0.25) is 0 Å². The Morgan fingerprint density at radius 1 is 1.44 bits per heavy atom. The molecule has 18 heavy (non-hydrogen) atoms. The van der Waals surface area contributed by atoms with Crippen LogP contribution in [0.3, 0.4) is 0 Å². The maximum absolute atomic E-state index is 12.0. The average molecular weight is 312 g/mol. The Balaban J connectivity index is 1.61. The molecular formula is C14H18BrNO2. The van der Waals surface area contributed by atoms with E-state index in [1.54, 1.807) is 12.1 Å². The summed E-state index contributed by atoms with van der Waals surface area (Å²) < 4.78 is 5.87. The van der Waals surface area contributed by atoms with Crippen molar-refractivity contribution in [1.29, 1.82) is 0 Å². The third-order valence-corrected chi connectivity index (χ3v) is 5.02. The van der Waals surface area contributed by atoms with Crippen molar-refractivity contribution in [2.24, 2.45) is 17.8 Å². The van der Waals surface area contributed by atoms with E-state index in [4.69, 9.17) is 4.42 Å². The predicted molar refractivity (Wildman–Crippen MR) is 72.3 cm³/mol. The van der Waals surface area contributed by atoms with Crippen LogP contribution < -0.4 is 5.32 Å². The molecule has 1 aromatic rings. The lowest BCUT2D eigenvalue weighted by Gasteiger charge is -2.28. The van der Waals surface area contributed by atoms with Gasteiger partial charge in [-0.1, -0.05) is 6.42 Å². The molecule has 98 valence electrons. The maximum Gasteiger partial charge on any atom is 0.287 e. The highest BCUT2D eigenvalue weighted by Crippen LogP contribution is 2.49. The summed E-state index contributed by atoms with van der Waals surface area (Å²) in [4.78, 5) is 12.0. The van der Waals surface area contributed by atoms with Crippen molar-refractivity contribution in [2.75, 3.05) is 0 Å². The number of amides is 1. The van der Waals surface area contributed by atoms with Gasteiger partial charge in [-0.2, -0.15) is 0 Å². The van der Waals surface area contributed by atoms with Gasteiger partial charge in [-0.15, -0.1) is 0 Å². The zero-order chi connectivity index (χ0) is 12.7. The lowest BCUT2D eigenvalue weighted by molar-refractivity contribution is 0.0886. The molecule has 3 rings (SSSR count). The van der Waals surface area contributed by atoms with E-state index in [2.05, 4.69) is 28.2 Å². The van der Waals surface area contributed by atoms with E-state index >= 15 is 0 Å². The van der Waals surface area contributed by atoms with E-state index in [1.807, 2.05) is 0 Å². The molecule has 2 fully saturated rings. The lowest BCUT2D eigenvalue weighted by Crippen LogP contribution is -2.39. The van der Waals surface area contributed by atoms with Crippen molar-refractivity contribution in [1.82, 2.24) is 5.32 Å². The Morgan fingerprint density at radius 3 is 2.83 bits per heavy atom. The number of carbonyl (C=O) groups excluding carboxylic acids is 1. The van der Waals surface area contributed by atoms with E-state index in [9.17, 15) is 4.79 Å². The molecule has 0 aromatic carbocycles. The van der Waals surface area contributed by atoms with E-state index in [0.717, 1.165) is 11.8 Å². The van der Waals surface area contributed by atoms with E-state index < -0.39 is 0 Å². The number of fused-ring (bicyclic) bond motifs is 2. The van der Waals surface area contributed by atoms with Crippen molar-refractivity contribution in [2.45, 2.75) is 38.6 Å². The molecule has 3 nitrogen and oxygen atoms in total. The molecule has 0 saturated heterocycles. The first-order valence-electron chi connectivity index (χ1n) is 6.69. The van der Waals surface area contributed by atoms with Gasteiger partial charge in [0.25, 0.3) is 5.91 Å². The van der Waals surface area contributed by atoms with Gasteiger partial charge in [0, 0.05) is 6.04 Å². The van der Waals surface area contributed by atoms with Gasteiger partial charge in [-0.05, 0) is 72.0 Å². The molecular weight excluding hydrogens is 294 g/mol. The first-order valence-corrected chi connectivity index (χ1v) is 7.49. The molecule has 1 aromatic heterocycles. The molecule has 0 radical (unpaired) electrons. The van der Waals surface area contributed by atoms with Crippen LogP contribution in [-0.2, 0) is 0 Å². The van der Waals surface area contributed by atoms with Crippen molar-refractivity contribution in [3.05, 3.63) is 22.6 Å². The van der Waals surface area contributed by atoms with Crippen LogP contribution >= 0.6 is 15.9 Å². The highest BCUT2D eigenvalue weighted by atomic mass is 79.9. The Morgan fingerprint density at radius 2 is 2.28 bits per heavy atom. The number of furan rings is 1. The van der Waals surface area contributed by atoms with Gasteiger partial charge in [0.05, 0.1) is 0 Å². The van der Waals surface area contributed by atoms with Crippen LogP contribution in [0.15, 0.2) is 21.2 Å². The number of carbonyl (C=O) groups is 1. The number of hydrogen-bond acceptors (Lipinski definition) is 2. The van der Waals surface area contributed by atoms with Crippen molar-refractivity contribution in [3.8, 4) is 0 Å². The van der Waals surface area contributed by atoms with Crippen molar-refractivity contribution < 1.29 is 9.21 Å². The van der Waals surface area contributed by atoms with E-state index in [-0.39, 0.29) is 11.9 Å². The lowest BCUT2D eigenvalue weighted by atomic mass is 9.84. The summed E-state index contributed by atoms with van der Waals surface area (Å²) in [5.74, 6) is 2.68. The predicted octanol–water partition coefficient (Wildman–Crippen LogP) is 3.60. The van der Waals surface area contributed by atoms with Crippen LogP contribution in [0.4, 0.5) is 0 Å². The summed E-state index contributed by atoms with van der Waals surface area (Å²) in [5, 5.41) is 3.08. The van der Waals surface area contributed by atoms with Gasteiger partial charge < -0.3 is 9.73 Å². The van der Waals surface area contributed by atoms with E-state index in [1.165, 1.54) is 25.7 Å². The largest absolute Gasteiger partial charge is 0.444 e.